The zero-order valence-corrected chi connectivity index (χ0v) is 6.11. The Bertz CT molecular complexity index is 121. The van der Waals surface area contributed by atoms with E-state index in [1.807, 2.05) is 0 Å². The maximum absolute atomic E-state index is 12.2. The first kappa shape index (κ1) is 9.93. The Labute approximate surface area is 59.7 Å². The normalized spacial score (nSPS) is 20.0. The number of methoxy groups -OCH3 is 1. The summed E-state index contributed by atoms with van der Waals surface area (Å²) >= 11 is -2.31. The van der Waals surface area contributed by atoms with Gasteiger partial charge in [0.25, 0.3) is 0 Å². The van der Waals surface area contributed by atoms with Crippen LogP contribution in [0, 0.1) is 0 Å². The minimum atomic E-state index is -2.31. The molecule has 0 saturated carbocycles. The van der Waals surface area contributed by atoms with E-state index in [1.54, 1.807) is 0 Å². The van der Waals surface area contributed by atoms with Crippen LogP contribution in [0.25, 0.3) is 0 Å². The number of hydrogen-bond acceptors (Lipinski definition) is 2. The van der Waals surface area contributed by atoms with Crippen LogP contribution in [0.2, 0.25) is 0 Å². The number of ether oxygens (including phenoxy) is 1. The molecule has 0 aromatic rings. The largest absolute Gasteiger partial charge is 0.349 e. The van der Waals surface area contributed by atoms with Gasteiger partial charge in [0.2, 0.25) is 6.36 Å². The van der Waals surface area contributed by atoms with E-state index < -0.39 is 29.4 Å². The Balaban J connectivity index is 3.61. The molecule has 0 saturated heterocycles. The second-order valence-corrected chi connectivity index (χ2v) is 2.57. The van der Waals surface area contributed by atoms with E-state index in [0.717, 1.165) is 7.11 Å². The van der Waals surface area contributed by atoms with Gasteiger partial charge in [-0.25, -0.2) is 13.0 Å². The minimum Gasteiger partial charge on any atom is -0.349 e. The van der Waals surface area contributed by atoms with Gasteiger partial charge in [-0.05, 0) is 0 Å². The monoisotopic (exact) mass is 174 g/mol. The first-order valence-corrected chi connectivity index (χ1v) is 3.74. The molecule has 0 radical (unpaired) electrons. The van der Waals surface area contributed by atoms with Crippen LogP contribution in [-0.4, -0.2) is 34.2 Å². The van der Waals surface area contributed by atoms with Crippen LogP contribution >= 0.6 is 0 Å². The first-order valence-electron chi connectivity index (χ1n) is 2.46. The molecular formula is C4H8F2O3S. The van der Waals surface area contributed by atoms with Crippen molar-refractivity contribution < 1.29 is 22.3 Å². The van der Waals surface area contributed by atoms with Crippen LogP contribution in [0.15, 0.2) is 0 Å². The van der Waals surface area contributed by atoms with E-state index in [0.29, 0.717) is 0 Å². The van der Waals surface area contributed by atoms with Gasteiger partial charge in [-0.15, -0.1) is 0 Å². The third-order valence-corrected chi connectivity index (χ3v) is 1.41. The van der Waals surface area contributed by atoms with Gasteiger partial charge in [0.1, 0.15) is 0 Å². The van der Waals surface area contributed by atoms with E-state index >= 15 is 0 Å². The summed E-state index contributed by atoms with van der Waals surface area (Å²) in [6.07, 6.45) is -4.15. The summed E-state index contributed by atoms with van der Waals surface area (Å²) in [4.78, 5) is 0. The Hall–Kier alpha value is -0.0700. The van der Waals surface area contributed by atoms with Crippen molar-refractivity contribution in [1.82, 2.24) is 0 Å². The van der Waals surface area contributed by atoms with E-state index in [2.05, 4.69) is 4.74 Å². The van der Waals surface area contributed by atoms with Crippen LogP contribution < -0.4 is 0 Å². The third kappa shape index (κ3) is 3.86. The Morgan fingerprint density at radius 2 is 2.20 bits per heavy atom. The van der Waals surface area contributed by atoms with Crippen LogP contribution in [0.5, 0.6) is 0 Å². The maximum Gasteiger partial charge on any atom is 0.231 e. The molecule has 0 spiro atoms. The standard InChI is InChI=1S/C4H8F2O3S/c1-9-4(6)3(5)2-10(7)8/h3-4H,2H2,1H3,(H,7,8). The summed E-state index contributed by atoms with van der Waals surface area (Å²) in [5, 5.41) is 0. The first-order chi connectivity index (χ1) is 4.57. The smallest absolute Gasteiger partial charge is 0.231 e. The highest BCUT2D eigenvalue weighted by Gasteiger charge is 2.21. The second-order valence-electron chi connectivity index (χ2n) is 1.59. The van der Waals surface area contributed by atoms with Gasteiger partial charge in [0.05, 0.1) is 5.75 Å². The van der Waals surface area contributed by atoms with Gasteiger partial charge in [0.15, 0.2) is 17.3 Å². The maximum atomic E-state index is 12.2. The molecule has 3 unspecified atom stereocenters. The van der Waals surface area contributed by atoms with Gasteiger partial charge in [-0.3, -0.25) is 0 Å². The summed E-state index contributed by atoms with van der Waals surface area (Å²) < 4.78 is 46.1. The molecule has 0 aromatic carbocycles. The van der Waals surface area contributed by atoms with Gasteiger partial charge in [-0.1, -0.05) is 0 Å². The molecule has 3 nitrogen and oxygen atoms in total. The van der Waals surface area contributed by atoms with E-state index in [-0.39, 0.29) is 0 Å². The molecule has 0 bridgehead atoms. The zero-order chi connectivity index (χ0) is 8.15. The van der Waals surface area contributed by atoms with Crippen molar-refractivity contribution in [3.8, 4) is 0 Å². The van der Waals surface area contributed by atoms with Crippen LogP contribution in [0.1, 0.15) is 0 Å². The molecule has 0 fully saturated rings. The number of alkyl halides is 2. The van der Waals surface area contributed by atoms with Gasteiger partial charge >= 0.3 is 0 Å². The highest BCUT2D eigenvalue weighted by atomic mass is 32.2. The highest BCUT2D eigenvalue weighted by Crippen LogP contribution is 2.04. The van der Waals surface area contributed by atoms with Crippen molar-refractivity contribution in [3.05, 3.63) is 0 Å². The minimum absolute atomic E-state index is 0.755. The van der Waals surface area contributed by atoms with Crippen molar-refractivity contribution in [2.75, 3.05) is 12.9 Å². The molecule has 62 valence electrons. The van der Waals surface area contributed by atoms with Gasteiger partial charge < -0.3 is 9.29 Å². The molecule has 0 aliphatic carbocycles. The summed E-state index contributed by atoms with van der Waals surface area (Å²) in [6, 6.07) is 0. The second kappa shape index (κ2) is 4.70. The molecule has 10 heavy (non-hydrogen) atoms. The molecule has 6 heteroatoms. The molecule has 0 rings (SSSR count). The zero-order valence-electron chi connectivity index (χ0n) is 5.29. The molecule has 1 N–H and O–H groups in total. The number of halogens is 2. The van der Waals surface area contributed by atoms with Crippen LogP contribution in [0.4, 0.5) is 8.78 Å². The van der Waals surface area contributed by atoms with E-state index in [1.165, 1.54) is 0 Å². The molecule has 0 amide bonds. The predicted octanol–water partition coefficient (Wildman–Crippen LogP) is 0.488. The average Bonchev–Trinajstić information content (AvgIpc) is 1.85. The van der Waals surface area contributed by atoms with Crippen LogP contribution in [-0.2, 0) is 15.8 Å². The highest BCUT2D eigenvalue weighted by molar-refractivity contribution is 7.79. The Morgan fingerprint density at radius 1 is 1.70 bits per heavy atom. The molecule has 0 aliphatic rings. The topological polar surface area (TPSA) is 46.5 Å². The van der Waals surface area contributed by atoms with Gasteiger partial charge in [-0.2, -0.15) is 0 Å². The van der Waals surface area contributed by atoms with Crippen molar-refractivity contribution in [1.29, 1.82) is 0 Å². The van der Waals surface area contributed by atoms with Crippen molar-refractivity contribution >= 4 is 11.1 Å². The lowest BCUT2D eigenvalue weighted by atomic mass is 10.4. The quantitative estimate of drug-likeness (QED) is 0.631. The lowest BCUT2D eigenvalue weighted by Gasteiger charge is -2.08. The fourth-order valence-corrected chi connectivity index (χ4v) is 0.783. The summed E-state index contributed by atoms with van der Waals surface area (Å²) in [5.41, 5.74) is 0. The lowest BCUT2D eigenvalue weighted by molar-refractivity contribution is -0.0533. The molecule has 0 heterocycles. The molecular weight excluding hydrogens is 166 g/mol. The summed E-state index contributed by atoms with van der Waals surface area (Å²) in [5.74, 6) is -0.755. The number of rotatable bonds is 4. The number of hydrogen-bond donors (Lipinski definition) is 1. The summed E-state index contributed by atoms with van der Waals surface area (Å²) in [6.45, 7) is 0. The fourth-order valence-electron chi connectivity index (χ4n) is 0.360. The van der Waals surface area contributed by atoms with Gasteiger partial charge in [0, 0.05) is 7.11 Å². The fraction of sp³-hybridized carbons (Fsp3) is 1.00. The molecule has 0 aliphatic heterocycles. The van der Waals surface area contributed by atoms with Crippen LogP contribution in [0.3, 0.4) is 0 Å². The Kier molecular flexibility index (Phi) is 4.67. The SMILES string of the molecule is COC(F)C(F)CS(=O)O. The third-order valence-electron chi connectivity index (χ3n) is 0.811. The Morgan fingerprint density at radius 3 is 2.50 bits per heavy atom. The van der Waals surface area contributed by atoms with E-state index in [9.17, 15) is 13.0 Å². The van der Waals surface area contributed by atoms with Crippen molar-refractivity contribution in [2.45, 2.75) is 12.5 Å². The van der Waals surface area contributed by atoms with Crippen molar-refractivity contribution in [3.63, 3.8) is 0 Å². The van der Waals surface area contributed by atoms with Crippen molar-refractivity contribution in [2.24, 2.45) is 0 Å². The predicted molar refractivity (Wildman–Crippen MR) is 32.4 cm³/mol. The summed E-state index contributed by atoms with van der Waals surface area (Å²) in [7, 11) is 0.984. The van der Waals surface area contributed by atoms with E-state index in [4.69, 9.17) is 4.55 Å². The molecule has 3 atom stereocenters. The molecule has 0 aromatic heterocycles. The lowest BCUT2D eigenvalue weighted by Crippen LogP contribution is -2.24. The average molecular weight is 174 g/mol.